The average Bonchev–Trinajstić information content (AvgIpc) is 4.04. The highest BCUT2D eigenvalue weighted by atomic mass is 19.3. The lowest BCUT2D eigenvalue weighted by Gasteiger charge is -2.53. The van der Waals surface area contributed by atoms with Gasteiger partial charge in [0.1, 0.15) is 17.8 Å². The number of pyridine rings is 2. The predicted octanol–water partition coefficient (Wildman–Crippen LogP) is 7.62. The third-order valence-corrected chi connectivity index (χ3v) is 14.4. The quantitative estimate of drug-likeness (QED) is 0.183. The van der Waals surface area contributed by atoms with Gasteiger partial charge in [-0.05, 0) is 93.9 Å². The lowest BCUT2D eigenvalue weighted by molar-refractivity contribution is -0.149. The van der Waals surface area contributed by atoms with Crippen molar-refractivity contribution in [1.82, 2.24) is 34.1 Å². The predicted molar refractivity (Wildman–Crippen MR) is 200 cm³/mol. The molecule has 2 N–H and O–H groups in total. The number of halogens is 6. The van der Waals surface area contributed by atoms with E-state index in [1.807, 2.05) is 24.3 Å². The molecule has 6 saturated carbocycles. The molecule has 1 saturated heterocycles. The summed E-state index contributed by atoms with van der Waals surface area (Å²) in [5.41, 5.74) is 3.79. The van der Waals surface area contributed by atoms with E-state index >= 15 is 0 Å². The minimum atomic E-state index is -2.95. The van der Waals surface area contributed by atoms with Crippen molar-refractivity contribution in [3.63, 3.8) is 0 Å². The van der Waals surface area contributed by atoms with E-state index in [1.54, 1.807) is 20.0 Å². The van der Waals surface area contributed by atoms with Crippen molar-refractivity contribution >= 4 is 40.9 Å². The fraction of sp³-hybridized carbons (Fsp3) is 0.634. The van der Waals surface area contributed by atoms with Crippen LogP contribution in [-0.2, 0) is 14.4 Å². The molecule has 11 rings (SSSR count). The summed E-state index contributed by atoms with van der Waals surface area (Å²) in [6.45, 7) is 1.08. The molecule has 5 heterocycles. The monoisotopic (exact) mass is 825 g/mol. The van der Waals surface area contributed by atoms with Gasteiger partial charge in [0, 0.05) is 61.0 Å². The molecule has 18 heteroatoms. The fourth-order valence-corrected chi connectivity index (χ4v) is 10.1. The summed E-state index contributed by atoms with van der Waals surface area (Å²) in [6, 6.07) is 11.4. The molecule has 2 spiro atoms. The molecule has 0 radical (unpaired) electrons. The van der Waals surface area contributed by atoms with Crippen LogP contribution in [0.25, 0.3) is 11.3 Å². The maximum Gasteiger partial charge on any atom is 0.260 e. The fourth-order valence-electron chi connectivity index (χ4n) is 10.1. The molecule has 7 fully saturated rings. The van der Waals surface area contributed by atoms with Crippen LogP contribution >= 0.6 is 0 Å². The highest BCUT2D eigenvalue weighted by Crippen LogP contribution is 2.56. The summed E-state index contributed by atoms with van der Waals surface area (Å²) in [5, 5.41) is 13.6. The van der Waals surface area contributed by atoms with Gasteiger partial charge in [-0.2, -0.15) is 9.97 Å². The van der Waals surface area contributed by atoms with Gasteiger partial charge in [0.2, 0.25) is 29.6 Å². The molecule has 0 aromatic carbocycles. The Morgan fingerprint density at radius 1 is 0.576 bits per heavy atom. The van der Waals surface area contributed by atoms with Crippen molar-refractivity contribution in [1.29, 1.82) is 0 Å². The number of hydrogen-bond acceptors (Lipinski definition) is 7. The second-order valence-electron chi connectivity index (χ2n) is 18.4. The van der Waals surface area contributed by atoms with Gasteiger partial charge in [0.25, 0.3) is 17.8 Å². The minimum absolute atomic E-state index is 0.00122. The Hall–Kier alpha value is -4.77. The molecule has 1 aliphatic heterocycles. The van der Waals surface area contributed by atoms with Gasteiger partial charge in [-0.1, -0.05) is 18.6 Å². The highest BCUT2D eigenvalue weighted by Gasteiger charge is 2.64. The van der Waals surface area contributed by atoms with Crippen LogP contribution in [0.4, 0.5) is 38.2 Å². The van der Waals surface area contributed by atoms with Crippen LogP contribution in [0, 0.1) is 28.6 Å². The van der Waals surface area contributed by atoms with Gasteiger partial charge in [-0.25, -0.2) is 35.4 Å². The van der Waals surface area contributed by atoms with E-state index in [9.17, 15) is 40.7 Å². The van der Waals surface area contributed by atoms with Crippen LogP contribution in [-0.4, -0.2) is 82.7 Å². The maximum atomic E-state index is 13.2. The Balaban J connectivity index is 0.000000147. The summed E-state index contributed by atoms with van der Waals surface area (Å²) in [6.07, 6.45) is 11.3. The van der Waals surface area contributed by atoms with E-state index < -0.39 is 59.7 Å². The van der Waals surface area contributed by atoms with Crippen LogP contribution in [0.3, 0.4) is 0 Å². The molecule has 7 aliphatic rings. The largest absolute Gasteiger partial charge is 0.341 e. The third-order valence-electron chi connectivity index (χ3n) is 14.4. The van der Waals surface area contributed by atoms with Crippen LogP contribution < -0.4 is 10.6 Å². The Morgan fingerprint density at radius 3 is 1.36 bits per heavy atom. The zero-order valence-corrected chi connectivity index (χ0v) is 32.3. The van der Waals surface area contributed by atoms with Crippen molar-refractivity contribution < 1.29 is 40.7 Å². The number of nitrogens with one attached hydrogen (secondary N) is 2. The topological polar surface area (TPSA) is 139 Å². The van der Waals surface area contributed by atoms with Gasteiger partial charge in [0.15, 0.2) is 11.3 Å². The number of anilines is 2. The van der Waals surface area contributed by atoms with Gasteiger partial charge < -0.3 is 4.90 Å². The second kappa shape index (κ2) is 13.4. The number of amides is 3. The van der Waals surface area contributed by atoms with Crippen molar-refractivity contribution in [2.45, 2.75) is 119 Å². The number of nitrogens with zero attached hydrogens (tertiary/aromatic N) is 7. The van der Waals surface area contributed by atoms with Gasteiger partial charge in [-0.3, -0.25) is 25.0 Å². The van der Waals surface area contributed by atoms with E-state index in [0.717, 1.165) is 49.9 Å². The second-order valence-corrected chi connectivity index (χ2v) is 18.4. The number of likely N-dealkylation sites (tertiary alicyclic amines) is 1. The first kappa shape index (κ1) is 38.4. The number of rotatable bonds is 7. The molecule has 12 nitrogen and oxygen atoms in total. The Bertz CT molecular complexity index is 2330. The molecule has 3 atom stereocenters. The summed E-state index contributed by atoms with van der Waals surface area (Å²) >= 11 is 0. The molecule has 0 unspecified atom stereocenters. The molecule has 0 bridgehead atoms. The number of fused-ring (bicyclic) bond motifs is 2. The number of aromatic nitrogens is 6. The van der Waals surface area contributed by atoms with Crippen LogP contribution in [0.15, 0.2) is 36.4 Å². The number of carbonyl (C=O) groups excluding carboxylic acids is 3. The molecular formula is C41H45F6N9O3. The molecule has 4 aromatic heterocycles. The smallest absolute Gasteiger partial charge is 0.260 e. The van der Waals surface area contributed by atoms with Crippen LogP contribution in [0.5, 0.6) is 0 Å². The maximum absolute atomic E-state index is 13.2. The van der Waals surface area contributed by atoms with Crippen molar-refractivity contribution in [2.24, 2.45) is 28.6 Å². The molecule has 6 aliphatic carbocycles. The SMILES string of the molecule is O=C(Nc1nc2cccc(C3CCC4(CC3)CN(C(=O)[C@@H]3CC3(F)F)C4)n2n1)[C@H]1CC1(F)F.O=C(Nc1nc2cccc(C3CCC4(CCC4)CC3)n2n1)[C@H]1CC1(F)F. The first-order valence-corrected chi connectivity index (χ1v) is 20.8. The lowest BCUT2D eigenvalue weighted by Crippen LogP contribution is -2.60. The summed E-state index contributed by atoms with van der Waals surface area (Å²) in [7, 11) is 0. The minimum Gasteiger partial charge on any atom is -0.341 e. The van der Waals surface area contributed by atoms with E-state index in [1.165, 1.54) is 32.1 Å². The van der Waals surface area contributed by atoms with Crippen molar-refractivity contribution in [3.05, 3.63) is 47.8 Å². The normalized spacial score (nSPS) is 28.9. The lowest BCUT2D eigenvalue weighted by atomic mass is 9.59. The first-order chi connectivity index (χ1) is 28.0. The summed E-state index contributed by atoms with van der Waals surface area (Å²) < 4.78 is 82.2. The van der Waals surface area contributed by atoms with E-state index in [-0.39, 0.29) is 36.1 Å². The molecule has 59 heavy (non-hydrogen) atoms. The zero-order valence-electron chi connectivity index (χ0n) is 32.3. The van der Waals surface area contributed by atoms with E-state index in [4.69, 9.17) is 0 Å². The number of alkyl halides is 6. The van der Waals surface area contributed by atoms with E-state index in [0.29, 0.717) is 35.7 Å². The average molecular weight is 826 g/mol. The van der Waals surface area contributed by atoms with Crippen molar-refractivity contribution in [3.8, 4) is 0 Å². The number of hydrogen-bond donors (Lipinski definition) is 2. The molecular weight excluding hydrogens is 780 g/mol. The van der Waals surface area contributed by atoms with Gasteiger partial charge >= 0.3 is 0 Å². The molecule has 4 aromatic rings. The standard InChI is InChI=1S/C22H23F4N5O2.C19H22F2N4O/c23-21(24)8-13(21)17(32)28-19-27-16-3-1-2-15(31(16)29-19)12-4-6-20(7-5-12)10-30(11-20)18(33)14-9-22(14,25)26;20-19(21)11-13(19)16(26)23-17-22-15-4-1-3-14(25(15)24-17)12-5-9-18(10-6-12)7-2-8-18/h1-3,12-14H,4-11H2,(H,28,29,32);1,3-4,12-13H,2,5-11H2,(H,23,24,26)/t13-,14+;13-/m11/s1. The van der Waals surface area contributed by atoms with E-state index in [2.05, 4.69) is 36.9 Å². The Morgan fingerprint density at radius 2 is 0.983 bits per heavy atom. The third kappa shape index (κ3) is 7.10. The van der Waals surface area contributed by atoms with Crippen LogP contribution in [0.1, 0.15) is 113 Å². The Kier molecular flexibility index (Phi) is 8.71. The molecule has 3 amide bonds. The molecule has 314 valence electrons. The summed E-state index contributed by atoms with van der Waals surface area (Å²) in [4.78, 5) is 46.2. The highest BCUT2D eigenvalue weighted by molar-refractivity contribution is 5.94. The Labute approximate surface area is 334 Å². The van der Waals surface area contributed by atoms with Crippen LogP contribution in [0.2, 0.25) is 0 Å². The summed E-state index contributed by atoms with van der Waals surface area (Å²) in [5.74, 6) is -13.5. The van der Waals surface area contributed by atoms with Gasteiger partial charge in [-0.15, -0.1) is 10.2 Å². The van der Waals surface area contributed by atoms with Gasteiger partial charge in [0.05, 0.1) is 0 Å². The number of carbonyl (C=O) groups is 3. The van der Waals surface area contributed by atoms with Crippen molar-refractivity contribution in [2.75, 3.05) is 23.7 Å². The zero-order chi connectivity index (χ0) is 41.1. The first-order valence-electron chi connectivity index (χ1n) is 20.8.